The monoisotopic (exact) mass is 278 g/mol. The Morgan fingerprint density at radius 2 is 2.06 bits per heavy atom. The van der Waals surface area contributed by atoms with Crippen LogP contribution in [0, 0.1) is 0 Å². The van der Waals surface area contributed by atoms with E-state index in [1.165, 1.54) is 10.5 Å². The number of aromatic nitrogens is 1. The van der Waals surface area contributed by atoms with Crippen LogP contribution in [0.15, 0.2) is 34.5 Å². The Bertz CT molecular complexity index is 491. The highest BCUT2D eigenvalue weighted by molar-refractivity contribution is 7.98. The van der Waals surface area contributed by atoms with Crippen LogP contribution in [0.5, 0.6) is 0 Å². The molecule has 2 nitrogen and oxygen atoms in total. The fourth-order valence-electron chi connectivity index (χ4n) is 1.76. The highest BCUT2D eigenvalue weighted by atomic mass is 32.2. The van der Waals surface area contributed by atoms with E-state index in [0.717, 1.165) is 17.2 Å². The first kappa shape index (κ1) is 13.6. The maximum Gasteiger partial charge on any atom is 0.123 e. The smallest absolute Gasteiger partial charge is 0.123 e. The molecule has 1 heterocycles. The Balaban J connectivity index is 2.18. The fraction of sp³-hybridized carbons (Fsp3) is 0.357. The normalized spacial score (nSPS) is 12.6. The van der Waals surface area contributed by atoms with Crippen LogP contribution in [-0.2, 0) is 0 Å². The summed E-state index contributed by atoms with van der Waals surface area (Å²) in [5.41, 5.74) is 2.33. The zero-order chi connectivity index (χ0) is 13.0. The summed E-state index contributed by atoms with van der Waals surface area (Å²) in [4.78, 5) is 5.99. The molecule has 0 saturated heterocycles. The second-order valence-corrected chi connectivity index (χ2v) is 5.82. The number of thiazole rings is 1. The third-order valence-corrected chi connectivity index (χ3v) is 4.47. The molecule has 0 radical (unpaired) electrons. The van der Waals surface area contributed by atoms with E-state index in [2.05, 4.69) is 55.1 Å². The molecule has 1 aromatic heterocycles. The van der Waals surface area contributed by atoms with Gasteiger partial charge in [-0.05, 0) is 31.9 Å². The summed E-state index contributed by atoms with van der Waals surface area (Å²) < 4.78 is 0. The fourth-order valence-corrected chi connectivity index (χ4v) is 3.09. The summed E-state index contributed by atoms with van der Waals surface area (Å²) in [7, 11) is 0. The van der Waals surface area contributed by atoms with Crippen molar-refractivity contribution in [1.29, 1.82) is 0 Å². The van der Waals surface area contributed by atoms with Crippen molar-refractivity contribution in [3.63, 3.8) is 0 Å². The van der Waals surface area contributed by atoms with Gasteiger partial charge in [0.1, 0.15) is 5.01 Å². The van der Waals surface area contributed by atoms with Gasteiger partial charge in [0.05, 0.1) is 5.69 Å². The molecule has 1 unspecified atom stereocenters. The van der Waals surface area contributed by atoms with Crippen LogP contribution in [-0.4, -0.2) is 17.8 Å². The van der Waals surface area contributed by atoms with Gasteiger partial charge in [0.15, 0.2) is 0 Å². The first-order chi connectivity index (χ1) is 8.74. The van der Waals surface area contributed by atoms with Gasteiger partial charge in [-0.15, -0.1) is 23.1 Å². The van der Waals surface area contributed by atoms with Gasteiger partial charge >= 0.3 is 0 Å². The number of nitrogens with zero attached hydrogens (tertiary/aromatic N) is 1. The zero-order valence-corrected chi connectivity index (χ0v) is 12.6. The predicted molar refractivity (Wildman–Crippen MR) is 81.4 cm³/mol. The molecule has 0 spiro atoms. The van der Waals surface area contributed by atoms with Gasteiger partial charge in [-0.2, -0.15) is 0 Å². The second kappa shape index (κ2) is 6.36. The summed E-state index contributed by atoms with van der Waals surface area (Å²) in [6, 6.07) is 8.91. The van der Waals surface area contributed by atoms with Crippen molar-refractivity contribution in [3.05, 3.63) is 35.3 Å². The first-order valence-electron chi connectivity index (χ1n) is 6.07. The van der Waals surface area contributed by atoms with Gasteiger partial charge in [0.2, 0.25) is 0 Å². The molecule has 2 aromatic rings. The molecule has 0 aliphatic heterocycles. The Labute approximate surface area is 117 Å². The van der Waals surface area contributed by atoms with Gasteiger partial charge in [-0.25, -0.2) is 4.98 Å². The molecule has 0 amide bonds. The lowest BCUT2D eigenvalue weighted by molar-refractivity contribution is 0.587. The number of benzene rings is 1. The van der Waals surface area contributed by atoms with E-state index in [9.17, 15) is 0 Å². The molecule has 0 aliphatic rings. The standard InChI is InChI=1S/C14H18N2S2/c1-4-15-10(2)13-9-18-14(16-13)11-5-7-12(17-3)8-6-11/h5-10,15H,4H2,1-3H3. The zero-order valence-electron chi connectivity index (χ0n) is 10.9. The lowest BCUT2D eigenvalue weighted by atomic mass is 10.2. The maximum absolute atomic E-state index is 4.70. The second-order valence-electron chi connectivity index (χ2n) is 4.09. The Hall–Kier alpha value is -0.840. The van der Waals surface area contributed by atoms with E-state index >= 15 is 0 Å². The van der Waals surface area contributed by atoms with Crippen LogP contribution >= 0.6 is 23.1 Å². The number of hydrogen-bond acceptors (Lipinski definition) is 4. The quantitative estimate of drug-likeness (QED) is 0.830. The van der Waals surface area contributed by atoms with Crippen molar-refractivity contribution in [1.82, 2.24) is 10.3 Å². The van der Waals surface area contributed by atoms with E-state index in [-0.39, 0.29) is 0 Å². The maximum atomic E-state index is 4.70. The highest BCUT2D eigenvalue weighted by Gasteiger charge is 2.09. The van der Waals surface area contributed by atoms with Gasteiger partial charge in [0, 0.05) is 21.9 Å². The van der Waals surface area contributed by atoms with Crippen molar-refractivity contribution < 1.29 is 0 Å². The molecular weight excluding hydrogens is 260 g/mol. The van der Waals surface area contributed by atoms with Crippen molar-refractivity contribution in [2.24, 2.45) is 0 Å². The van der Waals surface area contributed by atoms with E-state index in [4.69, 9.17) is 4.98 Å². The third-order valence-electron chi connectivity index (χ3n) is 2.81. The van der Waals surface area contributed by atoms with E-state index in [1.807, 2.05) is 0 Å². The van der Waals surface area contributed by atoms with Crippen LogP contribution in [0.4, 0.5) is 0 Å². The lowest BCUT2D eigenvalue weighted by Crippen LogP contribution is -2.17. The molecule has 96 valence electrons. The van der Waals surface area contributed by atoms with E-state index < -0.39 is 0 Å². The van der Waals surface area contributed by atoms with E-state index in [0.29, 0.717) is 6.04 Å². The minimum absolute atomic E-state index is 0.325. The first-order valence-corrected chi connectivity index (χ1v) is 8.18. The van der Waals surface area contributed by atoms with Crippen molar-refractivity contribution in [2.75, 3.05) is 12.8 Å². The van der Waals surface area contributed by atoms with Crippen LogP contribution in [0.3, 0.4) is 0 Å². The summed E-state index contributed by atoms with van der Waals surface area (Å²) >= 11 is 3.47. The molecular formula is C14H18N2S2. The van der Waals surface area contributed by atoms with Crippen molar-refractivity contribution in [3.8, 4) is 10.6 Å². The highest BCUT2D eigenvalue weighted by Crippen LogP contribution is 2.27. The lowest BCUT2D eigenvalue weighted by Gasteiger charge is -2.08. The molecule has 1 N–H and O–H groups in total. The van der Waals surface area contributed by atoms with Gasteiger partial charge < -0.3 is 5.32 Å². The number of rotatable bonds is 5. The number of thioether (sulfide) groups is 1. The SMILES string of the molecule is CCNC(C)c1csc(-c2ccc(SC)cc2)n1. The molecule has 4 heteroatoms. The van der Waals surface area contributed by atoms with Gasteiger partial charge in [-0.3, -0.25) is 0 Å². The molecule has 1 aromatic carbocycles. The predicted octanol–water partition coefficient (Wildman–Crippen LogP) is 4.20. The number of nitrogens with one attached hydrogen (secondary N) is 1. The minimum atomic E-state index is 0.325. The molecule has 18 heavy (non-hydrogen) atoms. The Morgan fingerprint density at radius 1 is 1.33 bits per heavy atom. The summed E-state index contributed by atoms with van der Waals surface area (Å²) in [6.07, 6.45) is 2.09. The average molecular weight is 278 g/mol. The van der Waals surface area contributed by atoms with Gasteiger partial charge in [-0.1, -0.05) is 19.1 Å². The third kappa shape index (κ3) is 3.13. The Morgan fingerprint density at radius 3 is 2.67 bits per heavy atom. The molecule has 0 bridgehead atoms. The molecule has 0 saturated carbocycles. The molecule has 0 fully saturated rings. The summed E-state index contributed by atoms with van der Waals surface area (Å²) in [6.45, 7) is 5.24. The minimum Gasteiger partial charge on any atom is -0.309 e. The number of hydrogen-bond donors (Lipinski definition) is 1. The molecule has 0 aliphatic carbocycles. The van der Waals surface area contributed by atoms with Crippen LogP contribution in [0.2, 0.25) is 0 Å². The van der Waals surface area contributed by atoms with E-state index in [1.54, 1.807) is 23.1 Å². The largest absolute Gasteiger partial charge is 0.309 e. The summed E-state index contributed by atoms with van der Waals surface area (Å²) in [5.74, 6) is 0. The van der Waals surface area contributed by atoms with Crippen LogP contribution in [0.25, 0.3) is 10.6 Å². The van der Waals surface area contributed by atoms with Gasteiger partial charge in [0.25, 0.3) is 0 Å². The summed E-state index contributed by atoms with van der Waals surface area (Å²) in [5, 5.41) is 6.63. The van der Waals surface area contributed by atoms with Crippen molar-refractivity contribution in [2.45, 2.75) is 24.8 Å². The van der Waals surface area contributed by atoms with Crippen LogP contribution in [0.1, 0.15) is 25.6 Å². The average Bonchev–Trinajstić information content (AvgIpc) is 2.89. The van der Waals surface area contributed by atoms with Crippen LogP contribution < -0.4 is 5.32 Å². The molecule has 1 atom stereocenters. The van der Waals surface area contributed by atoms with Crippen molar-refractivity contribution >= 4 is 23.1 Å². The topological polar surface area (TPSA) is 24.9 Å². The molecule has 2 rings (SSSR count). The Kier molecular flexibility index (Phi) is 4.80.